The molecule has 0 heterocycles. The highest BCUT2D eigenvalue weighted by Crippen LogP contribution is 2.46. The van der Waals surface area contributed by atoms with Gasteiger partial charge in [0, 0.05) is 39.9 Å². The van der Waals surface area contributed by atoms with E-state index >= 15 is 0 Å². The summed E-state index contributed by atoms with van der Waals surface area (Å²) in [6.45, 7) is 2.17. The van der Waals surface area contributed by atoms with Crippen LogP contribution in [-0.2, 0) is 0 Å². The molecule has 30 heavy (non-hydrogen) atoms. The number of anilines is 1. The van der Waals surface area contributed by atoms with E-state index in [1.54, 1.807) is 23.9 Å². The molecule has 0 spiro atoms. The third-order valence-electron chi connectivity index (χ3n) is 5.34. The molecule has 0 radical (unpaired) electrons. The lowest BCUT2D eigenvalue weighted by Crippen LogP contribution is -2.16. The Hall–Kier alpha value is -2.17. The number of hydrogen-bond donors (Lipinski definition) is 1. The molecule has 1 saturated carbocycles. The standard InChI is InChI=1S/C22H20ClF3N2OS/c1-12-4-5-13(3-2-8-27)21(12)30-19-9-14(6-7-16(19)23)22(29)28-15-10-17(24)20(26)18(25)11-15/h6-7,9-13,21H,2-5H2,1H3,(H,28,29). The van der Waals surface area contributed by atoms with Crippen molar-refractivity contribution in [2.45, 2.75) is 42.8 Å². The van der Waals surface area contributed by atoms with E-state index in [0.717, 1.165) is 36.3 Å². The van der Waals surface area contributed by atoms with Crippen molar-refractivity contribution in [2.24, 2.45) is 11.8 Å². The third-order valence-corrected chi connectivity index (χ3v) is 7.50. The van der Waals surface area contributed by atoms with Gasteiger partial charge in [0.15, 0.2) is 17.5 Å². The summed E-state index contributed by atoms with van der Waals surface area (Å²) >= 11 is 7.95. The minimum Gasteiger partial charge on any atom is -0.322 e. The summed E-state index contributed by atoms with van der Waals surface area (Å²) in [5, 5.41) is 12.1. The lowest BCUT2D eigenvalue weighted by atomic mass is 10.0. The quantitative estimate of drug-likeness (QED) is 0.489. The van der Waals surface area contributed by atoms with Crippen molar-refractivity contribution in [1.82, 2.24) is 0 Å². The van der Waals surface area contributed by atoms with Crippen LogP contribution in [-0.4, -0.2) is 11.2 Å². The number of hydrogen-bond acceptors (Lipinski definition) is 3. The molecule has 1 aliphatic carbocycles. The molecule has 3 nitrogen and oxygen atoms in total. The maximum atomic E-state index is 13.4. The monoisotopic (exact) mass is 452 g/mol. The zero-order chi connectivity index (χ0) is 21.8. The maximum absolute atomic E-state index is 13.4. The van der Waals surface area contributed by atoms with Crippen LogP contribution >= 0.6 is 23.4 Å². The summed E-state index contributed by atoms with van der Waals surface area (Å²) in [6.07, 6.45) is 3.47. The smallest absolute Gasteiger partial charge is 0.255 e. The van der Waals surface area contributed by atoms with Crippen LogP contribution in [0.25, 0.3) is 0 Å². The number of carbonyl (C=O) groups is 1. The van der Waals surface area contributed by atoms with Crippen molar-refractivity contribution in [3.05, 3.63) is 58.4 Å². The number of benzene rings is 2. The number of rotatable bonds is 6. The van der Waals surface area contributed by atoms with Crippen LogP contribution in [0.5, 0.6) is 0 Å². The summed E-state index contributed by atoms with van der Waals surface area (Å²) in [7, 11) is 0. The van der Waals surface area contributed by atoms with Gasteiger partial charge in [0.2, 0.25) is 0 Å². The Morgan fingerprint density at radius 1 is 1.23 bits per heavy atom. The van der Waals surface area contributed by atoms with Crippen LogP contribution in [0.3, 0.4) is 0 Å². The molecule has 8 heteroatoms. The Balaban J connectivity index is 1.77. The molecule has 2 aromatic rings. The average Bonchev–Trinajstić information content (AvgIpc) is 3.05. The van der Waals surface area contributed by atoms with Gasteiger partial charge in [-0.25, -0.2) is 13.2 Å². The molecule has 3 atom stereocenters. The van der Waals surface area contributed by atoms with Gasteiger partial charge in [-0.3, -0.25) is 4.79 Å². The fourth-order valence-electron chi connectivity index (χ4n) is 3.75. The fraction of sp³-hybridized carbons (Fsp3) is 0.364. The van der Waals surface area contributed by atoms with Gasteiger partial charge in [-0.05, 0) is 49.3 Å². The van der Waals surface area contributed by atoms with Gasteiger partial charge in [-0.2, -0.15) is 5.26 Å². The molecule has 1 amide bonds. The van der Waals surface area contributed by atoms with E-state index in [-0.39, 0.29) is 16.5 Å². The summed E-state index contributed by atoms with van der Waals surface area (Å²) < 4.78 is 39.9. The molecule has 0 saturated heterocycles. The molecule has 1 aliphatic rings. The molecule has 0 aromatic heterocycles. The van der Waals surface area contributed by atoms with Crippen LogP contribution in [0.1, 0.15) is 43.0 Å². The van der Waals surface area contributed by atoms with E-state index < -0.39 is 23.4 Å². The van der Waals surface area contributed by atoms with Gasteiger partial charge in [-0.1, -0.05) is 18.5 Å². The Bertz CT molecular complexity index is 972. The number of carbonyl (C=O) groups excluding carboxylic acids is 1. The second-order valence-corrected chi connectivity index (χ2v) is 9.07. The first-order valence-electron chi connectivity index (χ1n) is 9.59. The number of nitriles is 1. The molecule has 0 bridgehead atoms. The highest BCUT2D eigenvalue weighted by atomic mass is 35.5. The minimum atomic E-state index is -1.59. The zero-order valence-corrected chi connectivity index (χ0v) is 17.8. The summed E-state index contributed by atoms with van der Waals surface area (Å²) in [5.74, 6) is -4.07. The summed E-state index contributed by atoms with van der Waals surface area (Å²) in [6, 6.07) is 8.41. The SMILES string of the molecule is CC1CCC(CCC#N)C1Sc1cc(C(=O)Nc2cc(F)c(F)c(F)c2)ccc1Cl. The van der Waals surface area contributed by atoms with Gasteiger partial charge >= 0.3 is 0 Å². The molecule has 2 aromatic carbocycles. The van der Waals surface area contributed by atoms with E-state index in [2.05, 4.69) is 18.3 Å². The number of amides is 1. The first kappa shape index (κ1) is 22.5. The highest BCUT2D eigenvalue weighted by molar-refractivity contribution is 8.00. The Labute approximate surface area is 182 Å². The van der Waals surface area contributed by atoms with Gasteiger partial charge in [0.05, 0.1) is 11.1 Å². The summed E-state index contributed by atoms with van der Waals surface area (Å²) in [5.41, 5.74) is 0.0906. The van der Waals surface area contributed by atoms with E-state index in [1.165, 1.54) is 6.07 Å². The van der Waals surface area contributed by atoms with E-state index in [4.69, 9.17) is 16.9 Å². The molecule has 3 unspecified atom stereocenters. The average molecular weight is 453 g/mol. The van der Waals surface area contributed by atoms with Crippen molar-refractivity contribution in [3.63, 3.8) is 0 Å². The molecular weight excluding hydrogens is 433 g/mol. The minimum absolute atomic E-state index is 0.179. The molecule has 1 fully saturated rings. The lowest BCUT2D eigenvalue weighted by molar-refractivity contribution is 0.102. The van der Waals surface area contributed by atoms with Gasteiger partial charge < -0.3 is 5.32 Å². The third kappa shape index (κ3) is 5.11. The van der Waals surface area contributed by atoms with Gasteiger partial charge in [-0.15, -0.1) is 11.8 Å². The number of nitrogens with zero attached hydrogens (tertiary/aromatic N) is 1. The molecule has 1 N–H and O–H groups in total. The fourth-order valence-corrected chi connectivity index (χ4v) is 5.51. The summed E-state index contributed by atoms with van der Waals surface area (Å²) in [4.78, 5) is 13.3. The molecule has 0 aliphatic heterocycles. The van der Waals surface area contributed by atoms with Crippen LogP contribution in [0.4, 0.5) is 18.9 Å². The first-order valence-corrected chi connectivity index (χ1v) is 10.8. The van der Waals surface area contributed by atoms with Crippen molar-refractivity contribution in [1.29, 1.82) is 5.26 Å². The van der Waals surface area contributed by atoms with E-state index in [1.807, 2.05) is 0 Å². The van der Waals surface area contributed by atoms with Crippen molar-refractivity contribution < 1.29 is 18.0 Å². The topological polar surface area (TPSA) is 52.9 Å². The maximum Gasteiger partial charge on any atom is 0.255 e. The van der Waals surface area contributed by atoms with E-state index in [9.17, 15) is 18.0 Å². The lowest BCUT2D eigenvalue weighted by Gasteiger charge is -2.22. The second-order valence-electron chi connectivity index (χ2n) is 7.45. The number of halogens is 4. The van der Waals surface area contributed by atoms with Crippen LogP contribution in [0.2, 0.25) is 5.02 Å². The van der Waals surface area contributed by atoms with Crippen LogP contribution in [0.15, 0.2) is 35.2 Å². The number of nitrogens with one attached hydrogen (secondary N) is 1. The second kappa shape index (κ2) is 9.76. The molecule has 3 rings (SSSR count). The van der Waals surface area contributed by atoms with E-state index in [0.29, 0.717) is 23.3 Å². The van der Waals surface area contributed by atoms with Crippen molar-refractivity contribution >= 4 is 35.0 Å². The van der Waals surface area contributed by atoms with Gasteiger partial charge in [0.1, 0.15) is 0 Å². The Morgan fingerprint density at radius 3 is 2.60 bits per heavy atom. The highest BCUT2D eigenvalue weighted by Gasteiger charge is 2.34. The zero-order valence-electron chi connectivity index (χ0n) is 16.2. The van der Waals surface area contributed by atoms with Crippen molar-refractivity contribution in [3.8, 4) is 6.07 Å². The Kier molecular flexibility index (Phi) is 7.32. The first-order chi connectivity index (χ1) is 14.3. The van der Waals surface area contributed by atoms with Crippen molar-refractivity contribution in [2.75, 3.05) is 5.32 Å². The Morgan fingerprint density at radius 2 is 1.93 bits per heavy atom. The predicted octanol–water partition coefficient (Wildman–Crippen LogP) is 6.82. The molecule has 158 valence electrons. The van der Waals surface area contributed by atoms with Crippen LogP contribution in [0, 0.1) is 40.6 Å². The van der Waals surface area contributed by atoms with Crippen LogP contribution < -0.4 is 5.32 Å². The molecular formula is C22H20ClF3N2OS. The number of thioether (sulfide) groups is 1. The predicted molar refractivity (Wildman–Crippen MR) is 112 cm³/mol. The normalized spacial score (nSPS) is 20.7. The largest absolute Gasteiger partial charge is 0.322 e. The van der Waals surface area contributed by atoms with Gasteiger partial charge in [0.25, 0.3) is 5.91 Å².